The van der Waals surface area contributed by atoms with E-state index in [1.165, 1.54) is 0 Å². The molecule has 0 aliphatic heterocycles. The van der Waals surface area contributed by atoms with Gasteiger partial charge in [0.15, 0.2) is 0 Å². The Morgan fingerprint density at radius 3 is 2.35 bits per heavy atom. The van der Waals surface area contributed by atoms with Crippen LogP contribution in [-0.2, 0) is 9.59 Å². The fourth-order valence-corrected chi connectivity index (χ4v) is 1.71. The second-order valence-corrected chi connectivity index (χ2v) is 4.97. The van der Waals surface area contributed by atoms with Crippen molar-refractivity contribution in [1.82, 2.24) is 10.6 Å². The Morgan fingerprint density at radius 1 is 1.25 bits per heavy atom. The molecule has 0 heterocycles. The van der Waals surface area contributed by atoms with Crippen LogP contribution in [0.4, 0.5) is 0 Å². The zero-order valence-electron chi connectivity index (χ0n) is 10.9. The van der Waals surface area contributed by atoms with Gasteiger partial charge in [0.1, 0.15) is 6.04 Å². The lowest BCUT2D eigenvalue weighted by Crippen LogP contribution is -2.45. The minimum atomic E-state index is -1.10. The number of benzene rings is 1. The number of carboxylic acids is 1. The van der Waals surface area contributed by atoms with Gasteiger partial charge in [-0.2, -0.15) is 0 Å². The molecule has 1 rings (SSSR count). The molecule has 20 heavy (non-hydrogen) atoms. The van der Waals surface area contributed by atoms with Gasteiger partial charge < -0.3 is 15.7 Å². The summed E-state index contributed by atoms with van der Waals surface area (Å²) in [7, 11) is 0. The van der Waals surface area contributed by atoms with Gasteiger partial charge in [0, 0.05) is 10.0 Å². The molecule has 0 aliphatic rings. The van der Waals surface area contributed by atoms with Crippen molar-refractivity contribution in [3.63, 3.8) is 0 Å². The summed E-state index contributed by atoms with van der Waals surface area (Å²) in [6.45, 7) is 1.39. The summed E-state index contributed by atoms with van der Waals surface area (Å²) in [4.78, 5) is 34.0. The van der Waals surface area contributed by atoms with Crippen LogP contribution in [0.5, 0.6) is 0 Å². The largest absolute Gasteiger partial charge is 0.480 e. The lowest BCUT2D eigenvalue weighted by molar-refractivity contribution is -0.141. The van der Waals surface area contributed by atoms with E-state index in [-0.39, 0.29) is 13.0 Å². The molecule has 7 heteroatoms. The molecule has 0 aliphatic carbocycles. The number of hydrogen-bond acceptors (Lipinski definition) is 3. The standard InChI is InChI=1S/C13H15BrN2O4/c1-2-10(13(19)20)16-11(17)7-15-12(18)8-3-5-9(14)6-4-8/h3-6,10H,2,7H2,1H3,(H,15,18)(H,16,17)(H,19,20). The van der Waals surface area contributed by atoms with E-state index in [1.54, 1.807) is 31.2 Å². The number of carbonyl (C=O) groups excluding carboxylic acids is 2. The Hall–Kier alpha value is -1.89. The van der Waals surface area contributed by atoms with Crippen molar-refractivity contribution < 1.29 is 19.5 Å². The average molecular weight is 343 g/mol. The van der Waals surface area contributed by atoms with E-state index in [1.807, 2.05) is 0 Å². The summed E-state index contributed by atoms with van der Waals surface area (Å²) in [6, 6.07) is 5.72. The van der Waals surface area contributed by atoms with Crippen LogP contribution in [0.15, 0.2) is 28.7 Å². The Labute approximate surface area is 124 Å². The molecule has 108 valence electrons. The highest BCUT2D eigenvalue weighted by atomic mass is 79.9. The molecule has 2 amide bonds. The third-order valence-electron chi connectivity index (χ3n) is 2.56. The fourth-order valence-electron chi connectivity index (χ4n) is 1.45. The first-order valence-corrected chi connectivity index (χ1v) is 6.79. The van der Waals surface area contributed by atoms with Gasteiger partial charge in [-0.05, 0) is 30.7 Å². The van der Waals surface area contributed by atoms with Gasteiger partial charge in [0.25, 0.3) is 5.91 Å². The van der Waals surface area contributed by atoms with Crippen LogP contribution in [-0.4, -0.2) is 35.5 Å². The summed E-state index contributed by atoms with van der Waals surface area (Å²) in [5.41, 5.74) is 0.422. The highest BCUT2D eigenvalue weighted by molar-refractivity contribution is 9.10. The van der Waals surface area contributed by atoms with Gasteiger partial charge in [-0.15, -0.1) is 0 Å². The third-order valence-corrected chi connectivity index (χ3v) is 3.09. The average Bonchev–Trinajstić information content (AvgIpc) is 2.42. The highest BCUT2D eigenvalue weighted by Gasteiger charge is 2.17. The van der Waals surface area contributed by atoms with Crippen LogP contribution < -0.4 is 10.6 Å². The Morgan fingerprint density at radius 2 is 1.85 bits per heavy atom. The van der Waals surface area contributed by atoms with E-state index in [9.17, 15) is 14.4 Å². The van der Waals surface area contributed by atoms with Gasteiger partial charge in [-0.25, -0.2) is 4.79 Å². The zero-order valence-corrected chi connectivity index (χ0v) is 12.4. The Bertz CT molecular complexity index is 502. The van der Waals surface area contributed by atoms with E-state index in [2.05, 4.69) is 26.6 Å². The number of hydrogen-bond donors (Lipinski definition) is 3. The van der Waals surface area contributed by atoms with Crippen molar-refractivity contribution in [3.05, 3.63) is 34.3 Å². The van der Waals surface area contributed by atoms with Crippen molar-refractivity contribution in [2.45, 2.75) is 19.4 Å². The van der Waals surface area contributed by atoms with Crippen LogP contribution in [0.25, 0.3) is 0 Å². The molecule has 0 aromatic heterocycles. The van der Waals surface area contributed by atoms with Gasteiger partial charge in [-0.1, -0.05) is 22.9 Å². The van der Waals surface area contributed by atoms with Crippen molar-refractivity contribution in [1.29, 1.82) is 0 Å². The maximum Gasteiger partial charge on any atom is 0.326 e. The van der Waals surface area contributed by atoms with Crippen LogP contribution in [0.3, 0.4) is 0 Å². The predicted octanol–water partition coefficient (Wildman–Crippen LogP) is 1.16. The van der Waals surface area contributed by atoms with Gasteiger partial charge in [0.2, 0.25) is 5.91 Å². The van der Waals surface area contributed by atoms with Crippen LogP contribution in [0.1, 0.15) is 23.7 Å². The lowest BCUT2D eigenvalue weighted by atomic mass is 10.2. The molecule has 1 aromatic carbocycles. The fraction of sp³-hybridized carbons (Fsp3) is 0.308. The zero-order chi connectivity index (χ0) is 15.1. The molecule has 0 radical (unpaired) electrons. The second kappa shape index (κ2) is 7.64. The lowest BCUT2D eigenvalue weighted by Gasteiger charge is -2.12. The summed E-state index contributed by atoms with van der Waals surface area (Å²) in [6.07, 6.45) is 0.279. The first-order chi connectivity index (χ1) is 9.43. The SMILES string of the molecule is CCC(NC(=O)CNC(=O)c1ccc(Br)cc1)C(=O)O. The number of carbonyl (C=O) groups is 3. The molecular weight excluding hydrogens is 328 g/mol. The molecule has 6 nitrogen and oxygen atoms in total. The number of nitrogens with one attached hydrogen (secondary N) is 2. The topological polar surface area (TPSA) is 95.5 Å². The minimum Gasteiger partial charge on any atom is -0.480 e. The molecule has 0 saturated heterocycles. The van der Waals surface area contributed by atoms with Crippen LogP contribution in [0, 0.1) is 0 Å². The predicted molar refractivity (Wildman–Crippen MR) is 76.3 cm³/mol. The van der Waals surface area contributed by atoms with E-state index in [4.69, 9.17) is 5.11 Å². The van der Waals surface area contributed by atoms with Crippen LogP contribution in [0.2, 0.25) is 0 Å². The molecule has 3 N–H and O–H groups in total. The monoisotopic (exact) mass is 342 g/mol. The first kappa shape index (κ1) is 16.2. The highest BCUT2D eigenvalue weighted by Crippen LogP contribution is 2.10. The summed E-state index contributed by atoms with van der Waals surface area (Å²) in [5, 5.41) is 13.5. The molecule has 0 saturated carbocycles. The summed E-state index contributed by atoms with van der Waals surface area (Å²) < 4.78 is 0.846. The quantitative estimate of drug-likeness (QED) is 0.722. The summed E-state index contributed by atoms with van der Waals surface area (Å²) in [5.74, 6) is -2.03. The van der Waals surface area contributed by atoms with Gasteiger partial charge in [0.05, 0.1) is 6.54 Å². The molecule has 1 unspecified atom stereocenters. The van der Waals surface area contributed by atoms with Crippen molar-refractivity contribution >= 4 is 33.7 Å². The second-order valence-electron chi connectivity index (χ2n) is 4.06. The summed E-state index contributed by atoms with van der Waals surface area (Å²) >= 11 is 3.25. The molecular formula is C13H15BrN2O4. The van der Waals surface area contributed by atoms with Crippen molar-refractivity contribution in [2.75, 3.05) is 6.54 Å². The minimum absolute atomic E-state index is 0.265. The normalized spacial score (nSPS) is 11.5. The van der Waals surface area contributed by atoms with Crippen molar-refractivity contribution in [2.24, 2.45) is 0 Å². The maximum absolute atomic E-state index is 11.7. The molecule has 1 atom stereocenters. The molecule has 0 fully saturated rings. The van der Waals surface area contributed by atoms with E-state index >= 15 is 0 Å². The number of aliphatic carboxylic acids is 1. The van der Waals surface area contributed by atoms with Gasteiger partial charge >= 0.3 is 5.97 Å². The Kier molecular flexibility index (Phi) is 6.17. The van der Waals surface area contributed by atoms with Crippen molar-refractivity contribution in [3.8, 4) is 0 Å². The number of rotatable bonds is 6. The van der Waals surface area contributed by atoms with E-state index in [0.717, 1.165) is 4.47 Å². The van der Waals surface area contributed by atoms with Gasteiger partial charge in [-0.3, -0.25) is 9.59 Å². The smallest absolute Gasteiger partial charge is 0.326 e. The third kappa shape index (κ3) is 5.00. The number of carboxylic acid groups (broad SMARTS) is 1. The molecule has 0 bridgehead atoms. The van der Waals surface area contributed by atoms with E-state index in [0.29, 0.717) is 5.56 Å². The molecule has 1 aromatic rings. The number of halogens is 1. The van der Waals surface area contributed by atoms with Crippen LogP contribution >= 0.6 is 15.9 Å². The first-order valence-electron chi connectivity index (χ1n) is 6.00. The Balaban J connectivity index is 2.46. The number of amides is 2. The maximum atomic E-state index is 11.7. The van der Waals surface area contributed by atoms with E-state index < -0.39 is 23.8 Å². The molecule has 0 spiro atoms.